The van der Waals surface area contributed by atoms with Crippen LogP contribution in [-0.2, 0) is 9.53 Å². The molecule has 0 bridgehead atoms. The minimum Gasteiger partial charge on any atom is -0.452 e. The molecule has 0 atom stereocenters. The molecule has 0 saturated heterocycles. The number of hydrogen-bond donors (Lipinski definition) is 1. The molecule has 0 saturated carbocycles. The highest BCUT2D eigenvalue weighted by Gasteiger charge is 2.36. The number of nitrogens with one attached hydrogen (secondary N) is 1. The number of fused-ring (bicyclic) bond motifs is 1. The molecule has 0 spiro atoms. The van der Waals surface area contributed by atoms with E-state index >= 15 is 0 Å². The van der Waals surface area contributed by atoms with E-state index in [-0.39, 0.29) is 46.2 Å². The van der Waals surface area contributed by atoms with Crippen molar-refractivity contribution >= 4 is 46.8 Å². The molecule has 1 aliphatic heterocycles. The standard InChI is InChI=1S/C28H23ClN2O6/c1-16(2)14-31-26(34)20-10-8-18(12-21(20)27(31)35)28(36)37-15-24(32)30-23-11-9-19(29)13-22(23)25(33)17-6-4-3-5-7-17/h3-13,16H,14-15H2,1-2H3,(H,30,32). The number of ether oxygens (including phenoxy) is 1. The Bertz CT molecular complexity index is 1420. The van der Waals surface area contributed by atoms with Crippen LogP contribution in [0.4, 0.5) is 5.69 Å². The number of carbonyl (C=O) groups excluding carboxylic acids is 5. The summed E-state index contributed by atoms with van der Waals surface area (Å²) in [6, 6.07) is 17.1. The fourth-order valence-corrected chi connectivity index (χ4v) is 4.08. The molecule has 1 heterocycles. The zero-order valence-electron chi connectivity index (χ0n) is 20.1. The molecule has 8 nitrogen and oxygen atoms in total. The minimum absolute atomic E-state index is 0.0329. The molecule has 3 amide bonds. The number of anilines is 1. The zero-order valence-corrected chi connectivity index (χ0v) is 20.9. The van der Waals surface area contributed by atoms with Gasteiger partial charge in [0.15, 0.2) is 12.4 Å². The van der Waals surface area contributed by atoms with Crippen molar-refractivity contribution in [2.45, 2.75) is 13.8 Å². The smallest absolute Gasteiger partial charge is 0.338 e. The molecule has 188 valence electrons. The number of imide groups is 1. The largest absolute Gasteiger partial charge is 0.452 e. The van der Waals surface area contributed by atoms with Crippen LogP contribution >= 0.6 is 11.6 Å². The molecular formula is C28H23ClN2O6. The maximum atomic E-state index is 12.9. The maximum absolute atomic E-state index is 12.9. The average molecular weight is 519 g/mol. The molecule has 0 aromatic heterocycles. The van der Waals surface area contributed by atoms with Crippen LogP contribution in [0.25, 0.3) is 0 Å². The number of ketones is 1. The molecular weight excluding hydrogens is 496 g/mol. The third-order valence-electron chi connectivity index (χ3n) is 5.62. The number of carbonyl (C=O) groups is 5. The number of amides is 3. The highest BCUT2D eigenvalue weighted by Crippen LogP contribution is 2.26. The van der Waals surface area contributed by atoms with Crippen molar-refractivity contribution in [3.05, 3.63) is 99.6 Å². The van der Waals surface area contributed by atoms with Gasteiger partial charge in [-0.05, 0) is 42.3 Å². The van der Waals surface area contributed by atoms with Gasteiger partial charge < -0.3 is 10.1 Å². The quantitative estimate of drug-likeness (QED) is 0.265. The van der Waals surface area contributed by atoms with Crippen molar-refractivity contribution in [1.29, 1.82) is 0 Å². The molecule has 9 heteroatoms. The second kappa shape index (κ2) is 10.8. The summed E-state index contributed by atoms with van der Waals surface area (Å²) in [4.78, 5) is 64.3. The fourth-order valence-electron chi connectivity index (χ4n) is 3.91. The average Bonchev–Trinajstić information content (AvgIpc) is 3.12. The summed E-state index contributed by atoms with van der Waals surface area (Å²) >= 11 is 6.07. The highest BCUT2D eigenvalue weighted by atomic mass is 35.5. The van der Waals surface area contributed by atoms with Gasteiger partial charge in [-0.2, -0.15) is 0 Å². The van der Waals surface area contributed by atoms with Crippen LogP contribution in [0, 0.1) is 5.92 Å². The van der Waals surface area contributed by atoms with Gasteiger partial charge in [0.1, 0.15) is 0 Å². The Hall–Kier alpha value is -4.30. The van der Waals surface area contributed by atoms with Gasteiger partial charge in [-0.3, -0.25) is 24.1 Å². The molecule has 0 unspecified atom stereocenters. The monoisotopic (exact) mass is 518 g/mol. The summed E-state index contributed by atoms with van der Waals surface area (Å²) < 4.78 is 5.11. The first kappa shape index (κ1) is 25.8. The Kier molecular flexibility index (Phi) is 7.50. The van der Waals surface area contributed by atoms with Crippen molar-refractivity contribution in [1.82, 2.24) is 4.90 Å². The number of esters is 1. The molecule has 0 fully saturated rings. The third-order valence-corrected chi connectivity index (χ3v) is 5.86. The lowest BCUT2D eigenvalue weighted by atomic mass is 10.0. The van der Waals surface area contributed by atoms with Gasteiger partial charge in [0.2, 0.25) is 0 Å². The summed E-state index contributed by atoms with van der Waals surface area (Å²) in [5.41, 5.74) is 1.19. The van der Waals surface area contributed by atoms with Gasteiger partial charge >= 0.3 is 5.97 Å². The lowest BCUT2D eigenvalue weighted by Gasteiger charge is -2.15. The van der Waals surface area contributed by atoms with Crippen molar-refractivity contribution < 1.29 is 28.7 Å². The Morgan fingerprint density at radius 3 is 2.30 bits per heavy atom. The minimum atomic E-state index is -0.836. The molecule has 0 aliphatic carbocycles. The first-order valence-corrected chi connectivity index (χ1v) is 11.9. The van der Waals surface area contributed by atoms with E-state index in [1.54, 1.807) is 30.3 Å². The number of nitrogens with zero attached hydrogens (tertiary/aromatic N) is 1. The van der Waals surface area contributed by atoms with Crippen LogP contribution in [-0.4, -0.2) is 47.5 Å². The summed E-state index contributed by atoms with van der Waals surface area (Å²) in [5.74, 6) is -2.63. The molecule has 37 heavy (non-hydrogen) atoms. The lowest BCUT2D eigenvalue weighted by Crippen LogP contribution is -2.33. The lowest BCUT2D eigenvalue weighted by molar-refractivity contribution is -0.119. The van der Waals surface area contributed by atoms with Gasteiger partial charge in [0.25, 0.3) is 17.7 Å². The first-order valence-electron chi connectivity index (χ1n) is 11.5. The molecule has 3 aromatic carbocycles. The Labute approximate surface area is 218 Å². The van der Waals surface area contributed by atoms with Gasteiger partial charge in [-0.15, -0.1) is 0 Å². The maximum Gasteiger partial charge on any atom is 0.338 e. The van der Waals surface area contributed by atoms with Crippen LogP contribution < -0.4 is 5.32 Å². The predicted octanol–water partition coefficient (Wildman–Crippen LogP) is 4.62. The van der Waals surface area contributed by atoms with Crippen LogP contribution in [0.1, 0.15) is 60.8 Å². The van der Waals surface area contributed by atoms with Crippen molar-refractivity contribution in [3.8, 4) is 0 Å². The van der Waals surface area contributed by atoms with E-state index in [0.717, 1.165) is 4.90 Å². The van der Waals surface area contributed by atoms with Gasteiger partial charge in [0.05, 0.1) is 22.4 Å². The van der Waals surface area contributed by atoms with Crippen molar-refractivity contribution in [2.75, 3.05) is 18.5 Å². The van der Waals surface area contributed by atoms with Crippen LogP contribution in [0.2, 0.25) is 5.02 Å². The summed E-state index contributed by atoms with van der Waals surface area (Å²) in [5, 5.41) is 2.89. The molecule has 1 aliphatic rings. The normalized spacial score (nSPS) is 12.5. The molecule has 1 N–H and O–H groups in total. The summed E-state index contributed by atoms with van der Waals surface area (Å²) in [6.45, 7) is 3.42. The van der Waals surface area contributed by atoms with Crippen LogP contribution in [0.15, 0.2) is 66.7 Å². The van der Waals surface area contributed by atoms with E-state index in [4.69, 9.17) is 16.3 Å². The second-order valence-corrected chi connectivity index (χ2v) is 9.32. The van der Waals surface area contributed by atoms with E-state index < -0.39 is 30.3 Å². The van der Waals surface area contributed by atoms with Crippen molar-refractivity contribution in [2.24, 2.45) is 5.92 Å². The zero-order chi connectivity index (χ0) is 26.7. The SMILES string of the molecule is CC(C)CN1C(=O)c2ccc(C(=O)OCC(=O)Nc3ccc(Cl)cc3C(=O)c3ccccc3)cc2C1=O. The van der Waals surface area contributed by atoms with E-state index in [1.807, 2.05) is 13.8 Å². The predicted molar refractivity (Wildman–Crippen MR) is 137 cm³/mol. The molecule has 0 radical (unpaired) electrons. The van der Waals surface area contributed by atoms with E-state index in [0.29, 0.717) is 10.6 Å². The number of benzene rings is 3. The summed E-state index contributed by atoms with van der Waals surface area (Å²) in [7, 11) is 0. The number of hydrogen-bond acceptors (Lipinski definition) is 6. The van der Waals surface area contributed by atoms with Crippen LogP contribution in [0.3, 0.4) is 0 Å². The van der Waals surface area contributed by atoms with E-state index in [1.165, 1.54) is 36.4 Å². The highest BCUT2D eigenvalue weighted by molar-refractivity contribution is 6.31. The molecule has 3 aromatic rings. The number of halogens is 1. The Morgan fingerprint density at radius 1 is 0.892 bits per heavy atom. The number of rotatable bonds is 8. The van der Waals surface area contributed by atoms with Gasteiger partial charge in [-0.25, -0.2) is 4.79 Å². The van der Waals surface area contributed by atoms with Gasteiger partial charge in [0, 0.05) is 22.7 Å². The Morgan fingerprint density at radius 2 is 1.59 bits per heavy atom. The topological polar surface area (TPSA) is 110 Å². The third kappa shape index (κ3) is 5.59. The fraction of sp³-hybridized carbons (Fsp3) is 0.179. The Balaban J connectivity index is 1.43. The second-order valence-electron chi connectivity index (χ2n) is 8.88. The van der Waals surface area contributed by atoms with Gasteiger partial charge in [-0.1, -0.05) is 55.8 Å². The molecule has 4 rings (SSSR count). The van der Waals surface area contributed by atoms with Crippen molar-refractivity contribution in [3.63, 3.8) is 0 Å². The summed E-state index contributed by atoms with van der Waals surface area (Å²) in [6.07, 6.45) is 0. The van der Waals surface area contributed by atoms with E-state index in [2.05, 4.69) is 5.32 Å². The first-order chi connectivity index (χ1) is 17.7. The van der Waals surface area contributed by atoms with E-state index in [9.17, 15) is 24.0 Å². The van der Waals surface area contributed by atoms with Crippen LogP contribution in [0.5, 0.6) is 0 Å².